The molecule has 234 valence electrons. The van der Waals surface area contributed by atoms with Crippen molar-refractivity contribution in [2.45, 2.75) is 0 Å². The van der Waals surface area contributed by atoms with Gasteiger partial charge in [-0.15, -0.1) is 0 Å². The number of benzene rings is 8. The molecule has 0 N–H and O–H groups in total. The average Bonchev–Trinajstić information content (AvgIpc) is 3.71. The molecular weight excluding hydrogens is 605 g/mol. The monoisotopic (exact) mass is 636 g/mol. The molecule has 2 aromatic heterocycles. The molecule has 2 heterocycles. The SMILES string of the molecule is c1ccc(-c2ccc3c(c2)c2cc(-c4ccccc4)ccc2n3-c2ccccc2-c2cccc(-n3c4ccccc4c4ccccc43)c2)cc1. The zero-order valence-electron chi connectivity index (χ0n) is 27.4. The van der Waals surface area contributed by atoms with Gasteiger partial charge in [-0.1, -0.05) is 140 Å². The normalized spacial score (nSPS) is 11.6. The van der Waals surface area contributed by atoms with Crippen LogP contribution in [0.15, 0.2) is 194 Å². The van der Waals surface area contributed by atoms with Crippen molar-refractivity contribution in [1.82, 2.24) is 9.13 Å². The van der Waals surface area contributed by atoms with Crippen molar-refractivity contribution in [1.29, 1.82) is 0 Å². The lowest BCUT2D eigenvalue weighted by Crippen LogP contribution is -1.98. The molecular formula is C48H32N2. The highest BCUT2D eigenvalue weighted by Crippen LogP contribution is 2.40. The van der Waals surface area contributed by atoms with Crippen LogP contribution in [0, 0.1) is 0 Å². The third-order valence-electron chi connectivity index (χ3n) is 10.1. The van der Waals surface area contributed by atoms with Gasteiger partial charge in [0.05, 0.1) is 27.8 Å². The molecule has 0 aliphatic heterocycles. The van der Waals surface area contributed by atoms with Gasteiger partial charge < -0.3 is 9.13 Å². The van der Waals surface area contributed by atoms with Crippen molar-refractivity contribution in [3.05, 3.63) is 194 Å². The Balaban J connectivity index is 1.20. The third kappa shape index (κ3) is 4.50. The second-order valence-corrected chi connectivity index (χ2v) is 13.0. The van der Waals surface area contributed by atoms with E-state index in [9.17, 15) is 0 Å². The molecule has 0 spiro atoms. The van der Waals surface area contributed by atoms with E-state index in [1.807, 2.05) is 0 Å². The Bertz CT molecular complexity index is 2710. The number of fused-ring (bicyclic) bond motifs is 6. The highest BCUT2D eigenvalue weighted by Gasteiger charge is 2.18. The zero-order chi connectivity index (χ0) is 33.0. The number of aromatic nitrogens is 2. The molecule has 0 saturated carbocycles. The molecule has 0 unspecified atom stereocenters. The van der Waals surface area contributed by atoms with Gasteiger partial charge in [0.15, 0.2) is 0 Å². The molecule has 10 aromatic rings. The maximum atomic E-state index is 2.46. The van der Waals surface area contributed by atoms with Crippen LogP contribution in [0.25, 0.3) is 88.4 Å². The Morgan fingerprint density at radius 3 is 1.34 bits per heavy atom. The molecule has 0 fully saturated rings. The van der Waals surface area contributed by atoms with Crippen molar-refractivity contribution < 1.29 is 0 Å². The predicted molar refractivity (Wildman–Crippen MR) is 211 cm³/mol. The van der Waals surface area contributed by atoms with E-state index in [0.717, 1.165) is 11.4 Å². The molecule has 0 aliphatic rings. The van der Waals surface area contributed by atoms with Gasteiger partial charge >= 0.3 is 0 Å². The molecule has 0 aliphatic carbocycles. The predicted octanol–water partition coefficient (Wildman–Crippen LogP) is 12.9. The lowest BCUT2D eigenvalue weighted by Gasteiger charge is -2.16. The first-order chi connectivity index (χ1) is 24.8. The second-order valence-electron chi connectivity index (χ2n) is 13.0. The fraction of sp³-hybridized carbons (Fsp3) is 0. The summed E-state index contributed by atoms with van der Waals surface area (Å²) in [5.74, 6) is 0. The molecule has 0 radical (unpaired) electrons. The summed E-state index contributed by atoms with van der Waals surface area (Å²) in [4.78, 5) is 0. The first-order valence-corrected chi connectivity index (χ1v) is 17.2. The quantitative estimate of drug-likeness (QED) is 0.178. The van der Waals surface area contributed by atoms with E-state index < -0.39 is 0 Å². The minimum atomic E-state index is 1.15. The molecule has 0 atom stereocenters. The van der Waals surface area contributed by atoms with E-state index in [1.54, 1.807) is 0 Å². The van der Waals surface area contributed by atoms with Gasteiger partial charge in [-0.3, -0.25) is 0 Å². The smallest absolute Gasteiger partial charge is 0.0541 e. The van der Waals surface area contributed by atoms with Crippen molar-refractivity contribution in [2.75, 3.05) is 0 Å². The maximum absolute atomic E-state index is 2.46. The van der Waals surface area contributed by atoms with Crippen molar-refractivity contribution >= 4 is 43.6 Å². The number of rotatable bonds is 5. The minimum absolute atomic E-state index is 1.15. The number of hydrogen-bond acceptors (Lipinski definition) is 0. The van der Waals surface area contributed by atoms with Gasteiger partial charge in [-0.2, -0.15) is 0 Å². The largest absolute Gasteiger partial charge is 0.309 e. The van der Waals surface area contributed by atoms with Crippen LogP contribution in [0.4, 0.5) is 0 Å². The third-order valence-corrected chi connectivity index (χ3v) is 10.1. The van der Waals surface area contributed by atoms with Crippen LogP contribution in [-0.2, 0) is 0 Å². The summed E-state index contributed by atoms with van der Waals surface area (Å²) in [5.41, 5.74) is 14.4. The Morgan fingerprint density at radius 2 is 0.740 bits per heavy atom. The molecule has 10 rings (SSSR count). The van der Waals surface area contributed by atoms with E-state index in [4.69, 9.17) is 0 Å². The average molecular weight is 637 g/mol. The van der Waals surface area contributed by atoms with Gasteiger partial charge in [0.1, 0.15) is 0 Å². The van der Waals surface area contributed by atoms with Crippen molar-refractivity contribution in [3.63, 3.8) is 0 Å². The van der Waals surface area contributed by atoms with E-state index in [0.29, 0.717) is 0 Å². The first kappa shape index (κ1) is 28.4. The second kappa shape index (κ2) is 11.5. The Hall–Kier alpha value is -6.64. The molecule has 0 bridgehead atoms. The topological polar surface area (TPSA) is 9.86 Å². The molecule has 0 saturated heterocycles. The summed E-state index contributed by atoms with van der Waals surface area (Å²) in [6.45, 7) is 0. The van der Waals surface area contributed by atoms with E-state index in [2.05, 4.69) is 203 Å². The van der Waals surface area contributed by atoms with Gasteiger partial charge in [0.2, 0.25) is 0 Å². The number of nitrogens with zero attached hydrogens (tertiary/aromatic N) is 2. The van der Waals surface area contributed by atoms with Crippen LogP contribution >= 0.6 is 0 Å². The van der Waals surface area contributed by atoms with E-state index >= 15 is 0 Å². The number of hydrogen-bond donors (Lipinski definition) is 0. The maximum Gasteiger partial charge on any atom is 0.0541 e. The zero-order valence-corrected chi connectivity index (χ0v) is 27.4. The summed E-state index contributed by atoms with van der Waals surface area (Å²) in [6, 6.07) is 70.4. The van der Waals surface area contributed by atoms with Crippen LogP contribution < -0.4 is 0 Å². The van der Waals surface area contributed by atoms with Crippen LogP contribution in [0.1, 0.15) is 0 Å². The summed E-state index contributed by atoms with van der Waals surface area (Å²) < 4.78 is 4.85. The van der Waals surface area contributed by atoms with Gasteiger partial charge in [0.25, 0.3) is 0 Å². The number of para-hydroxylation sites is 3. The van der Waals surface area contributed by atoms with Crippen LogP contribution in [0.5, 0.6) is 0 Å². The molecule has 8 aromatic carbocycles. The lowest BCUT2D eigenvalue weighted by atomic mass is 10.0. The fourth-order valence-electron chi connectivity index (χ4n) is 7.83. The highest BCUT2D eigenvalue weighted by molar-refractivity contribution is 6.12. The first-order valence-electron chi connectivity index (χ1n) is 17.2. The molecule has 2 heteroatoms. The fourth-order valence-corrected chi connectivity index (χ4v) is 7.83. The van der Waals surface area contributed by atoms with Gasteiger partial charge in [0, 0.05) is 32.8 Å². The lowest BCUT2D eigenvalue weighted by molar-refractivity contribution is 1.17. The summed E-state index contributed by atoms with van der Waals surface area (Å²) in [5, 5.41) is 5.02. The summed E-state index contributed by atoms with van der Waals surface area (Å²) in [7, 11) is 0. The van der Waals surface area contributed by atoms with Crippen molar-refractivity contribution in [2.24, 2.45) is 0 Å². The minimum Gasteiger partial charge on any atom is -0.309 e. The Kier molecular flexibility index (Phi) is 6.53. The van der Waals surface area contributed by atoms with E-state index in [-0.39, 0.29) is 0 Å². The summed E-state index contributed by atoms with van der Waals surface area (Å²) >= 11 is 0. The molecule has 0 amide bonds. The molecule has 50 heavy (non-hydrogen) atoms. The van der Waals surface area contributed by atoms with Crippen LogP contribution in [0.2, 0.25) is 0 Å². The van der Waals surface area contributed by atoms with Crippen LogP contribution in [0.3, 0.4) is 0 Å². The van der Waals surface area contributed by atoms with Crippen LogP contribution in [-0.4, -0.2) is 9.13 Å². The van der Waals surface area contributed by atoms with Gasteiger partial charge in [-0.05, 0) is 82.4 Å². The Morgan fingerprint density at radius 1 is 0.260 bits per heavy atom. The Labute approximate surface area is 290 Å². The van der Waals surface area contributed by atoms with Gasteiger partial charge in [-0.25, -0.2) is 0 Å². The standard InChI is InChI=1S/C48H32N2/c1-3-14-33(15-4-1)35-26-28-47-42(31-35)43-32-36(34-16-5-2-6-17-34)27-29-48(43)50(47)44-23-10-7-20-39(44)37-18-13-19-38(30-37)49-45-24-11-8-21-40(45)41-22-9-12-25-46(41)49/h1-32H. The van der Waals surface area contributed by atoms with Crippen molar-refractivity contribution in [3.8, 4) is 44.8 Å². The summed E-state index contributed by atoms with van der Waals surface area (Å²) in [6.07, 6.45) is 0. The molecule has 2 nitrogen and oxygen atoms in total. The van der Waals surface area contributed by atoms with E-state index in [1.165, 1.54) is 77.0 Å². The highest BCUT2D eigenvalue weighted by atomic mass is 15.0.